The van der Waals surface area contributed by atoms with Crippen LogP contribution in [0.5, 0.6) is 11.5 Å². The Balaban J connectivity index is 1.59. The standard InChI is InChI=1S/C22H20ClN5O2/c1-14-12-17(13-19(29-2)21(14)30-3)25-22-24-10-8-20(26-22)28-11-9-18(27-28)15-4-6-16(23)7-5-15/h4-13H,1-3H3,(H,24,25,26). The molecule has 0 saturated heterocycles. The Bertz CT molecular complexity index is 1170. The van der Waals surface area contributed by atoms with Crippen LogP contribution in [0.2, 0.25) is 5.02 Å². The van der Waals surface area contributed by atoms with Crippen molar-refractivity contribution in [2.45, 2.75) is 6.92 Å². The molecule has 7 nitrogen and oxygen atoms in total. The molecule has 0 spiro atoms. The largest absolute Gasteiger partial charge is 0.493 e. The van der Waals surface area contributed by atoms with Crippen molar-refractivity contribution in [3.63, 3.8) is 0 Å². The number of methoxy groups -OCH3 is 2. The lowest BCUT2D eigenvalue weighted by Crippen LogP contribution is -2.04. The molecule has 0 saturated carbocycles. The first-order chi connectivity index (χ1) is 14.6. The second-order valence-corrected chi connectivity index (χ2v) is 6.98. The summed E-state index contributed by atoms with van der Waals surface area (Å²) < 4.78 is 12.5. The number of rotatable bonds is 6. The van der Waals surface area contributed by atoms with Crippen LogP contribution in [-0.2, 0) is 0 Å². The first kappa shape index (κ1) is 19.7. The normalized spacial score (nSPS) is 10.7. The summed E-state index contributed by atoms with van der Waals surface area (Å²) in [6.07, 6.45) is 3.54. The molecule has 0 radical (unpaired) electrons. The molecule has 152 valence electrons. The Morgan fingerprint density at radius 2 is 1.80 bits per heavy atom. The van der Waals surface area contributed by atoms with E-state index in [-0.39, 0.29) is 0 Å². The number of nitrogens with zero attached hydrogens (tertiary/aromatic N) is 4. The number of benzene rings is 2. The van der Waals surface area contributed by atoms with Gasteiger partial charge in [-0.2, -0.15) is 10.1 Å². The van der Waals surface area contributed by atoms with Crippen molar-refractivity contribution in [1.82, 2.24) is 19.7 Å². The SMILES string of the molecule is COc1cc(Nc2nccc(-n3ccc(-c4ccc(Cl)cc4)n3)n2)cc(C)c1OC. The van der Waals surface area contributed by atoms with Gasteiger partial charge in [0.15, 0.2) is 17.3 Å². The molecule has 0 amide bonds. The number of hydrogen-bond donors (Lipinski definition) is 1. The van der Waals surface area contributed by atoms with Gasteiger partial charge < -0.3 is 14.8 Å². The number of nitrogens with one attached hydrogen (secondary N) is 1. The molecule has 0 fully saturated rings. The van der Waals surface area contributed by atoms with Crippen LogP contribution in [0.4, 0.5) is 11.6 Å². The fourth-order valence-corrected chi connectivity index (χ4v) is 3.25. The molecule has 30 heavy (non-hydrogen) atoms. The first-order valence-corrected chi connectivity index (χ1v) is 9.60. The fourth-order valence-electron chi connectivity index (χ4n) is 3.12. The van der Waals surface area contributed by atoms with Crippen molar-refractivity contribution in [1.29, 1.82) is 0 Å². The maximum absolute atomic E-state index is 5.97. The zero-order chi connectivity index (χ0) is 21.1. The van der Waals surface area contributed by atoms with Crippen molar-refractivity contribution >= 4 is 23.2 Å². The van der Waals surface area contributed by atoms with Crippen LogP contribution in [-0.4, -0.2) is 34.0 Å². The number of aryl methyl sites for hydroxylation is 1. The predicted octanol–water partition coefficient (Wildman–Crippen LogP) is 5.05. The minimum absolute atomic E-state index is 0.447. The van der Waals surface area contributed by atoms with Gasteiger partial charge in [-0.15, -0.1) is 0 Å². The first-order valence-electron chi connectivity index (χ1n) is 9.22. The van der Waals surface area contributed by atoms with E-state index in [2.05, 4.69) is 20.4 Å². The van der Waals surface area contributed by atoms with Gasteiger partial charge in [-0.05, 0) is 36.8 Å². The van der Waals surface area contributed by atoms with Crippen molar-refractivity contribution in [2.24, 2.45) is 0 Å². The van der Waals surface area contributed by atoms with Crippen molar-refractivity contribution in [3.8, 4) is 28.6 Å². The lowest BCUT2D eigenvalue weighted by Gasteiger charge is -2.13. The van der Waals surface area contributed by atoms with Gasteiger partial charge in [-0.1, -0.05) is 23.7 Å². The number of ether oxygens (including phenoxy) is 2. The topological polar surface area (TPSA) is 74.1 Å². The lowest BCUT2D eigenvalue weighted by molar-refractivity contribution is 0.353. The highest BCUT2D eigenvalue weighted by Crippen LogP contribution is 2.34. The molecule has 2 aromatic carbocycles. The van der Waals surface area contributed by atoms with Crippen LogP contribution in [0.15, 0.2) is 60.9 Å². The Morgan fingerprint density at radius 3 is 2.53 bits per heavy atom. The Hall–Kier alpha value is -3.58. The summed E-state index contributed by atoms with van der Waals surface area (Å²) in [6, 6.07) is 15.1. The highest BCUT2D eigenvalue weighted by Gasteiger charge is 2.11. The van der Waals surface area contributed by atoms with E-state index >= 15 is 0 Å². The molecular weight excluding hydrogens is 402 g/mol. The monoisotopic (exact) mass is 421 g/mol. The fraction of sp³-hybridized carbons (Fsp3) is 0.136. The smallest absolute Gasteiger partial charge is 0.229 e. The molecule has 1 N–H and O–H groups in total. The van der Waals surface area contributed by atoms with Crippen LogP contribution >= 0.6 is 11.6 Å². The van der Waals surface area contributed by atoms with Gasteiger partial charge in [0.05, 0.1) is 19.9 Å². The van der Waals surface area contributed by atoms with E-state index in [1.807, 2.05) is 55.6 Å². The van der Waals surface area contributed by atoms with Gasteiger partial charge in [0.25, 0.3) is 0 Å². The molecule has 4 rings (SSSR count). The van der Waals surface area contributed by atoms with Crippen LogP contribution in [0.25, 0.3) is 17.1 Å². The molecule has 0 atom stereocenters. The quantitative estimate of drug-likeness (QED) is 0.469. The number of halogens is 1. The van der Waals surface area contributed by atoms with E-state index in [4.69, 9.17) is 21.1 Å². The lowest BCUT2D eigenvalue weighted by atomic mass is 10.2. The molecule has 0 unspecified atom stereocenters. The summed E-state index contributed by atoms with van der Waals surface area (Å²) >= 11 is 5.97. The second kappa shape index (κ2) is 8.42. The zero-order valence-corrected chi connectivity index (χ0v) is 17.5. The summed E-state index contributed by atoms with van der Waals surface area (Å²) in [4.78, 5) is 8.88. The maximum atomic E-state index is 5.97. The minimum Gasteiger partial charge on any atom is -0.493 e. The van der Waals surface area contributed by atoms with Gasteiger partial charge >= 0.3 is 0 Å². The van der Waals surface area contributed by atoms with Crippen molar-refractivity contribution in [2.75, 3.05) is 19.5 Å². The molecule has 0 bridgehead atoms. The van der Waals surface area contributed by atoms with Gasteiger partial charge in [0.1, 0.15) is 0 Å². The van der Waals surface area contributed by atoms with Crippen molar-refractivity contribution < 1.29 is 9.47 Å². The van der Waals surface area contributed by atoms with Crippen LogP contribution < -0.4 is 14.8 Å². The number of aromatic nitrogens is 4. The van der Waals surface area contributed by atoms with E-state index in [1.54, 1.807) is 31.2 Å². The van der Waals surface area contributed by atoms with Crippen LogP contribution in [0.3, 0.4) is 0 Å². The molecule has 2 aromatic heterocycles. The molecule has 8 heteroatoms. The summed E-state index contributed by atoms with van der Waals surface area (Å²) in [5.41, 5.74) is 3.54. The third-order valence-electron chi connectivity index (χ3n) is 4.53. The minimum atomic E-state index is 0.447. The zero-order valence-electron chi connectivity index (χ0n) is 16.8. The maximum Gasteiger partial charge on any atom is 0.229 e. The van der Waals surface area contributed by atoms with Gasteiger partial charge in [0, 0.05) is 40.8 Å². The molecule has 0 aliphatic rings. The highest BCUT2D eigenvalue weighted by molar-refractivity contribution is 6.30. The van der Waals surface area contributed by atoms with E-state index in [1.165, 1.54) is 0 Å². The number of hydrogen-bond acceptors (Lipinski definition) is 6. The summed E-state index contributed by atoms with van der Waals surface area (Å²) in [6.45, 7) is 1.95. The summed E-state index contributed by atoms with van der Waals surface area (Å²) in [5, 5.41) is 8.51. The Kier molecular flexibility index (Phi) is 5.54. The average molecular weight is 422 g/mol. The van der Waals surface area contributed by atoms with Crippen molar-refractivity contribution in [3.05, 3.63) is 71.5 Å². The molecular formula is C22H20ClN5O2. The highest BCUT2D eigenvalue weighted by atomic mass is 35.5. The van der Waals surface area contributed by atoms with E-state index in [9.17, 15) is 0 Å². The van der Waals surface area contributed by atoms with E-state index in [0.29, 0.717) is 28.3 Å². The van der Waals surface area contributed by atoms with Gasteiger partial charge in [0.2, 0.25) is 5.95 Å². The van der Waals surface area contributed by atoms with Gasteiger partial charge in [-0.3, -0.25) is 0 Å². The predicted molar refractivity (Wildman–Crippen MR) is 117 cm³/mol. The molecule has 0 aliphatic heterocycles. The van der Waals surface area contributed by atoms with Crippen LogP contribution in [0, 0.1) is 6.92 Å². The Morgan fingerprint density at radius 1 is 1.00 bits per heavy atom. The average Bonchev–Trinajstić information content (AvgIpc) is 3.24. The van der Waals surface area contributed by atoms with E-state index in [0.717, 1.165) is 22.5 Å². The van der Waals surface area contributed by atoms with Crippen LogP contribution in [0.1, 0.15) is 5.56 Å². The molecule has 2 heterocycles. The Labute approximate surface area is 179 Å². The molecule has 4 aromatic rings. The summed E-state index contributed by atoms with van der Waals surface area (Å²) in [5.74, 6) is 2.42. The molecule has 0 aliphatic carbocycles. The van der Waals surface area contributed by atoms with E-state index < -0.39 is 0 Å². The third-order valence-corrected chi connectivity index (χ3v) is 4.78. The third kappa shape index (κ3) is 4.06. The summed E-state index contributed by atoms with van der Waals surface area (Å²) in [7, 11) is 3.22. The van der Waals surface area contributed by atoms with Gasteiger partial charge in [-0.25, -0.2) is 9.67 Å². The second-order valence-electron chi connectivity index (χ2n) is 6.54. The number of anilines is 2.